The first-order valence-corrected chi connectivity index (χ1v) is 7.74. The minimum absolute atomic E-state index is 0.774. The quantitative estimate of drug-likeness (QED) is 0.533. The molecule has 3 rings (SSSR count). The Morgan fingerprint density at radius 3 is 1.79 bits per heavy atom. The average Bonchev–Trinajstić information content (AvgIpc) is 2.26. The molecule has 1 heterocycles. The maximum atomic E-state index is 5.82. The molecule has 0 spiro atoms. The average molecular weight is 243 g/mol. The van der Waals surface area contributed by atoms with Crippen molar-refractivity contribution in [2.75, 3.05) is 0 Å². The maximum absolute atomic E-state index is 5.82. The van der Waals surface area contributed by atoms with Crippen LogP contribution in [0.2, 0.25) is 0 Å². The Balaban J connectivity index is 2.12. The van der Waals surface area contributed by atoms with Gasteiger partial charge in [-0.05, 0) is 0 Å². The molecule has 0 unspecified atom stereocenters. The summed E-state index contributed by atoms with van der Waals surface area (Å²) in [7, 11) is 0. The molecule has 1 aliphatic heterocycles. The molecule has 0 amide bonds. The summed E-state index contributed by atoms with van der Waals surface area (Å²) in [6.07, 6.45) is 0. The molecule has 0 saturated heterocycles. The van der Waals surface area contributed by atoms with Crippen molar-refractivity contribution in [2.24, 2.45) is 0 Å². The van der Waals surface area contributed by atoms with E-state index in [4.69, 9.17) is 4.74 Å². The molecule has 2 aromatic rings. The fourth-order valence-corrected chi connectivity index (χ4v) is 5.28. The van der Waals surface area contributed by atoms with Crippen LogP contribution in [0.3, 0.4) is 0 Å². The zero-order valence-corrected chi connectivity index (χ0v) is 10.7. The molecular weight excluding hydrogens is 233 g/mol. The second-order valence-corrected chi connectivity index (χ2v) is 7.43. The Kier molecular flexibility index (Phi) is 1.84. The molecule has 0 aliphatic carbocycles. The second-order valence-electron chi connectivity index (χ2n) is 3.49. The first kappa shape index (κ1) is 8.12. The third-order valence-electron chi connectivity index (χ3n) is 2.55. The summed E-state index contributed by atoms with van der Waals surface area (Å²) in [5.74, 6) is 2.15. The molecule has 2 aromatic carbocycles. The van der Waals surface area contributed by atoms with Crippen LogP contribution in [0.25, 0.3) is 0 Å². The van der Waals surface area contributed by atoms with Crippen LogP contribution in [-0.4, -0.2) is 15.4 Å². The molecule has 2 heteroatoms. The van der Waals surface area contributed by atoms with Crippen LogP contribution >= 0.6 is 0 Å². The van der Waals surface area contributed by atoms with Gasteiger partial charge in [0.2, 0.25) is 0 Å². The molecule has 0 bridgehead atoms. The summed E-state index contributed by atoms with van der Waals surface area (Å²) in [5.41, 5.74) is 0. The molecule has 0 aromatic heterocycles. The molecule has 1 aliphatic rings. The van der Waals surface area contributed by atoms with Crippen molar-refractivity contribution in [1.29, 1.82) is 0 Å². The third kappa shape index (κ3) is 1.25. The number of ether oxygens (including phenoxy) is 1. The van der Waals surface area contributed by atoms with Gasteiger partial charge in [0, 0.05) is 0 Å². The zero-order valence-electron chi connectivity index (χ0n) is 7.73. The summed E-state index contributed by atoms with van der Waals surface area (Å²) in [4.78, 5) is 0. The number of para-hydroxylation sites is 2. The Morgan fingerprint density at radius 1 is 0.714 bits per heavy atom. The van der Waals surface area contributed by atoms with Gasteiger partial charge < -0.3 is 0 Å². The summed E-state index contributed by atoms with van der Waals surface area (Å²) < 4.78 is 8.74. The van der Waals surface area contributed by atoms with Crippen molar-refractivity contribution in [3.05, 3.63) is 48.5 Å². The third-order valence-corrected chi connectivity index (χ3v) is 6.60. The second kappa shape index (κ2) is 3.17. The molecule has 14 heavy (non-hydrogen) atoms. The Hall–Kier alpha value is -1.22. The Labute approximate surface area is 89.2 Å². The van der Waals surface area contributed by atoms with Crippen LogP contribution in [0.1, 0.15) is 0 Å². The standard InChI is InChI=1S/C12H10GeO/c1-3-7-11-9(5-1)13-10-6-2-4-8-12(10)14-11/h1-8H,13H2. The van der Waals surface area contributed by atoms with E-state index in [-0.39, 0.29) is 0 Å². The van der Waals surface area contributed by atoms with Gasteiger partial charge in [-0.15, -0.1) is 0 Å². The summed E-state index contributed by atoms with van der Waals surface area (Å²) in [5, 5.41) is 0. The van der Waals surface area contributed by atoms with Crippen molar-refractivity contribution in [3.8, 4) is 11.5 Å². The number of hydrogen-bond acceptors (Lipinski definition) is 1. The minimum atomic E-state index is -0.774. The number of benzene rings is 2. The Bertz CT molecular complexity index is 392. The van der Waals surface area contributed by atoms with E-state index in [1.807, 2.05) is 12.1 Å². The zero-order chi connectivity index (χ0) is 9.38. The van der Waals surface area contributed by atoms with E-state index in [0.717, 1.165) is 11.5 Å². The fraction of sp³-hybridized carbons (Fsp3) is 0. The summed E-state index contributed by atoms with van der Waals surface area (Å²) in [6.45, 7) is 0. The van der Waals surface area contributed by atoms with E-state index in [0.29, 0.717) is 0 Å². The van der Waals surface area contributed by atoms with Crippen LogP contribution < -0.4 is 13.5 Å². The monoisotopic (exact) mass is 244 g/mol. The summed E-state index contributed by atoms with van der Waals surface area (Å²) >= 11 is -0.774. The summed E-state index contributed by atoms with van der Waals surface area (Å²) in [6, 6.07) is 16.8. The SMILES string of the molecule is c1cc[c]2c(c1)Oc1cccc[c]1[GeH2]2. The molecule has 0 fully saturated rings. The topological polar surface area (TPSA) is 9.23 Å². The molecule has 0 N–H and O–H groups in total. The number of fused-ring (bicyclic) bond motifs is 2. The van der Waals surface area contributed by atoms with Crippen LogP contribution in [0.4, 0.5) is 0 Å². The molecule has 0 saturated carbocycles. The van der Waals surface area contributed by atoms with Crippen molar-refractivity contribution in [3.63, 3.8) is 0 Å². The number of hydrogen-bond donors (Lipinski definition) is 0. The van der Waals surface area contributed by atoms with E-state index >= 15 is 0 Å². The van der Waals surface area contributed by atoms with Gasteiger partial charge >= 0.3 is 89.0 Å². The molecule has 0 radical (unpaired) electrons. The van der Waals surface area contributed by atoms with Gasteiger partial charge in [-0.1, -0.05) is 0 Å². The van der Waals surface area contributed by atoms with Crippen molar-refractivity contribution in [2.45, 2.75) is 0 Å². The van der Waals surface area contributed by atoms with Gasteiger partial charge in [0.1, 0.15) is 0 Å². The predicted molar refractivity (Wildman–Crippen MR) is 60.8 cm³/mol. The van der Waals surface area contributed by atoms with Crippen molar-refractivity contribution >= 4 is 24.2 Å². The van der Waals surface area contributed by atoms with E-state index < -0.39 is 15.4 Å². The molecule has 1 nitrogen and oxygen atoms in total. The predicted octanol–water partition coefficient (Wildman–Crippen LogP) is 0.912. The molecule has 68 valence electrons. The van der Waals surface area contributed by atoms with Gasteiger partial charge in [-0.3, -0.25) is 0 Å². The van der Waals surface area contributed by atoms with Gasteiger partial charge in [-0.2, -0.15) is 0 Å². The molecule has 0 atom stereocenters. The van der Waals surface area contributed by atoms with Gasteiger partial charge in [0.25, 0.3) is 0 Å². The first-order chi connectivity index (χ1) is 6.93. The molecular formula is C12H10GeO. The van der Waals surface area contributed by atoms with E-state index in [2.05, 4.69) is 36.4 Å². The van der Waals surface area contributed by atoms with Crippen LogP contribution in [0.15, 0.2) is 48.5 Å². The fourth-order valence-electron chi connectivity index (χ4n) is 1.82. The van der Waals surface area contributed by atoms with E-state index in [9.17, 15) is 0 Å². The van der Waals surface area contributed by atoms with Crippen molar-refractivity contribution < 1.29 is 4.74 Å². The van der Waals surface area contributed by atoms with Crippen molar-refractivity contribution in [1.82, 2.24) is 0 Å². The van der Waals surface area contributed by atoms with Gasteiger partial charge in [0.05, 0.1) is 0 Å². The Morgan fingerprint density at radius 2 is 1.21 bits per heavy atom. The van der Waals surface area contributed by atoms with Crippen LogP contribution in [-0.2, 0) is 0 Å². The van der Waals surface area contributed by atoms with Crippen LogP contribution in [0.5, 0.6) is 11.5 Å². The van der Waals surface area contributed by atoms with Gasteiger partial charge in [0.15, 0.2) is 0 Å². The van der Waals surface area contributed by atoms with E-state index in [1.54, 1.807) is 0 Å². The normalized spacial score (nSPS) is 12.6. The van der Waals surface area contributed by atoms with Gasteiger partial charge in [-0.25, -0.2) is 0 Å². The first-order valence-electron chi connectivity index (χ1n) is 4.77. The number of rotatable bonds is 0. The van der Waals surface area contributed by atoms with E-state index in [1.165, 1.54) is 8.79 Å². The van der Waals surface area contributed by atoms with Crippen LogP contribution in [0, 0.1) is 0 Å².